The van der Waals surface area contributed by atoms with E-state index in [1.54, 1.807) is 0 Å². The highest BCUT2D eigenvalue weighted by atomic mass is 16.2. The number of carbonyl (C=O) groups is 1. The van der Waals surface area contributed by atoms with Crippen molar-refractivity contribution in [3.8, 4) is 0 Å². The van der Waals surface area contributed by atoms with Crippen molar-refractivity contribution >= 4 is 16.9 Å². The van der Waals surface area contributed by atoms with Gasteiger partial charge in [0.05, 0.1) is 11.0 Å². The molecule has 0 aliphatic rings. The van der Waals surface area contributed by atoms with Gasteiger partial charge in [0, 0.05) is 18.5 Å². The van der Waals surface area contributed by atoms with Crippen LogP contribution in [-0.4, -0.2) is 32.4 Å². The maximum atomic E-state index is 13.1. The number of aromatic nitrogens is 2. The third-order valence-corrected chi connectivity index (χ3v) is 5.04. The lowest BCUT2D eigenvalue weighted by atomic mass is 10.1. The number of rotatable bonds is 6. The van der Waals surface area contributed by atoms with Crippen molar-refractivity contribution in [1.82, 2.24) is 14.5 Å². The molecule has 0 saturated heterocycles. The quantitative estimate of drug-likeness (QED) is 0.643. The number of nitrogens with zero attached hydrogens (tertiary/aromatic N) is 3. The highest BCUT2D eigenvalue weighted by Crippen LogP contribution is 2.21. The second kappa shape index (κ2) is 7.95. The van der Waals surface area contributed by atoms with E-state index >= 15 is 0 Å². The average Bonchev–Trinajstić information content (AvgIpc) is 2.94. The molecule has 142 valence electrons. The van der Waals surface area contributed by atoms with Crippen molar-refractivity contribution in [2.45, 2.75) is 59.7 Å². The molecule has 0 bridgehead atoms. The third-order valence-electron chi connectivity index (χ3n) is 5.04. The van der Waals surface area contributed by atoms with E-state index in [0.717, 1.165) is 23.3 Å². The van der Waals surface area contributed by atoms with E-state index < -0.39 is 0 Å². The van der Waals surface area contributed by atoms with Crippen LogP contribution >= 0.6 is 0 Å². The number of aryl methyl sites for hydroxylation is 1. The van der Waals surface area contributed by atoms with Gasteiger partial charge in [0.2, 0.25) is 5.91 Å². The molecule has 4 heteroatoms. The fraction of sp³-hybridized carbons (Fsp3) is 0.391. The van der Waals surface area contributed by atoms with Crippen molar-refractivity contribution in [2.24, 2.45) is 0 Å². The second-order valence-electron chi connectivity index (χ2n) is 7.69. The number of para-hydroxylation sites is 2. The Kier molecular flexibility index (Phi) is 5.64. The maximum absolute atomic E-state index is 13.1. The van der Waals surface area contributed by atoms with E-state index in [4.69, 9.17) is 4.98 Å². The predicted molar refractivity (Wildman–Crippen MR) is 111 cm³/mol. The molecule has 0 aliphatic carbocycles. The summed E-state index contributed by atoms with van der Waals surface area (Å²) in [5, 5.41) is 0. The van der Waals surface area contributed by atoms with Crippen LogP contribution in [0, 0.1) is 6.92 Å². The molecule has 1 heterocycles. The standard InChI is InChI=1S/C23H29N3O/c1-16(2)26(17(3)4)23(27)15-25-21-13-9-8-12-20(21)24-22(25)14-19-11-7-6-10-18(19)5/h6-13,16-17H,14-15H2,1-5H3. The fourth-order valence-electron chi connectivity index (χ4n) is 3.80. The summed E-state index contributed by atoms with van der Waals surface area (Å²) < 4.78 is 2.09. The lowest BCUT2D eigenvalue weighted by molar-refractivity contribution is -0.135. The largest absolute Gasteiger partial charge is 0.336 e. The van der Waals surface area contributed by atoms with Gasteiger partial charge >= 0.3 is 0 Å². The Bertz CT molecular complexity index is 932. The average molecular weight is 364 g/mol. The first kappa shape index (κ1) is 19.2. The van der Waals surface area contributed by atoms with Crippen LogP contribution in [-0.2, 0) is 17.8 Å². The van der Waals surface area contributed by atoms with Crippen LogP contribution in [0.15, 0.2) is 48.5 Å². The zero-order valence-corrected chi connectivity index (χ0v) is 16.9. The van der Waals surface area contributed by atoms with Crippen molar-refractivity contribution < 1.29 is 4.79 Å². The summed E-state index contributed by atoms with van der Waals surface area (Å²) in [6.07, 6.45) is 0.720. The molecule has 0 atom stereocenters. The Morgan fingerprint density at radius 1 is 1.00 bits per heavy atom. The van der Waals surface area contributed by atoms with E-state index in [1.807, 2.05) is 29.2 Å². The van der Waals surface area contributed by atoms with Crippen LogP contribution in [0.4, 0.5) is 0 Å². The first-order valence-electron chi connectivity index (χ1n) is 9.68. The predicted octanol–water partition coefficient (Wildman–Crippen LogP) is 4.58. The van der Waals surface area contributed by atoms with Gasteiger partial charge < -0.3 is 9.47 Å². The zero-order valence-electron chi connectivity index (χ0n) is 16.9. The molecule has 0 radical (unpaired) electrons. The summed E-state index contributed by atoms with van der Waals surface area (Å²) >= 11 is 0. The van der Waals surface area contributed by atoms with Crippen molar-refractivity contribution in [1.29, 1.82) is 0 Å². The summed E-state index contributed by atoms with van der Waals surface area (Å²) in [4.78, 5) is 19.9. The minimum Gasteiger partial charge on any atom is -0.336 e. The molecule has 1 amide bonds. The maximum Gasteiger partial charge on any atom is 0.243 e. The van der Waals surface area contributed by atoms with E-state index in [-0.39, 0.29) is 18.0 Å². The van der Waals surface area contributed by atoms with Crippen LogP contribution in [0.5, 0.6) is 0 Å². The summed E-state index contributed by atoms with van der Waals surface area (Å²) in [6, 6.07) is 16.8. The molecule has 0 saturated carbocycles. The Hall–Kier alpha value is -2.62. The van der Waals surface area contributed by atoms with Gasteiger partial charge in [-0.2, -0.15) is 0 Å². The number of hydrogen-bond acceptors (Lipinski definition) is 2. The van der Waals surface area contributed by atoms with Gasteiger partial charge in [-0.1, -0.05) is 36.4 Å². The van der Waals surface area contributed by atoms with Gasteiger partial charge in [0.1, 0.15) is 12.4 Å². The molecule has 27 heavy (non-hydrogen) atoms. The highest BCUT2D eigenvalue weighted by molar-refractivity contribution is 5.81. The molecule has 3 aromatic rings. The Labute approximate surface area is 161 Å². The SMILES string of the molecule is Cc1ccccc1Cc1nc2ccccc2n1CC(=O)N(C(C)C)C(C)C. The first-order valence-corrected chi connectivity index (χ1v) is 9.68. The van der Waals surface area contributed by atoms with Gasteiger partial charge in [0.25, 0.3) is 0 Å². The molecular formula is C23H29N3O. The molecule has 3 rings (SSSR count). The van der Waals surface area contributed by atoms with Gasteiger partial charge in [-0.15, -0.1) is 0 Å². The van der Waals surface area contributed by atoms with E-state index in [2.05, 4.69) is 63.5 Å². The molecule has 0 fully saturated rings. The van der Waals surface area contributed by atoms with Gasteiger partial charge in [-0.3, -0.25) is 4.79 Å². The third kappa shape index (κ3) is 4.05. The van der Waals surface area contributed by atoms with Crippen molar-refractivity contribution in [3.63, 3.8) is 0 Å². The van der Waals surface area contributed by atoms with Crippen LogP contribution in [0.3, 0.4) is 0 Å². The minimum absolute atomic E-state index is 0.134. The lowest BCUT2D eigenvalue weighted by Gasteiger charge is -2.31. The van der Waals surface area contributed by atoms with Crippen LogP contribution in [0.2, 0.25) is 0 Å². The normalized spacial score (nSPS) is 11.5. The zero-order chi connectivity index (χ0) is 19.6. The van der Waals surface area contributed by atoms with Crippen LogP contribution in [0.25, 0.3) is 11.0 Å². The second-order valence-corrected chi connectivity index (χ2v) is 7.69. The monoisotopic (exact) mass is 363 g/mol. The topological polar surface area (TPSA) is 38.1 Å². The summed E-state index contributed by atoms with van der Waals surface area (Å²) in [6.45, 7) is 10.7. The van der Waals surface area contributed by atoms with Gasteiger partial charge in [-0.05, 0) is 57.9 Å². The van der Waals surface area contributed by atoms with E-state index in [9.17, 15) is 4.79 Å². The minimum atomic E-state index is 0.134. The molecule has 0 aliphatic heterocycles. The highest BCUT2D eigenvalue weighted by Gasteiger charge is 2.22. The number of hydrogen-bond donors (Lipinski definition) is 0. The number of carbonyl (C=O) groups excluding carboxylic acids is 1. The van der Waals surface area contributed by atoms with Crippen LogP contribution in [0.1, 0.15) is 44.6 Å². The summed E-state index contributed by atoms with van der Waals surface area (Å²) in [5.74, 6) is 1.07. The summed E-state index contributed by atoms with van der Waals surface area (Å²) in [5.41, 5.74) is 4.44. The smallest absolute Gasteiger partial charge is 0.243 e. The Balaban J connectivity index is 2.00. The molecule has 0 N–H and O–H groups in total. The van der Waals surface area contributed by atoms with E-state index in [1.165, 1.54) is 11.1 Å². The first-order chi connectivity index (χ1) is 12.9. The van der Waals surface area contributed by atoms with Crippen LogP contribution < -0.4 is 0 Å². The van der Waals surface area contributed by atoms with Gasteiger partial charge in [-0.25, -0.2) is 4.98 Å². The fourth-order valence-corrected chi connectivity index (χ4v) is 3.80. The molecule has 2 aromatic carbocycles. The number of benzene rings is 2. The summed E-state index contributed by atoms with van der Waals surface area (Å²) in [7, 11) is 0. The molecular weight excluding hydrogens is 334 g/mol. The number of amides is 1. The Morgan fingerprint density at radius 3 is 2.30 bits per heavy atom. The van der Waals surface area contributed by atoms with Crippen molar-refractivity contribution in [3.05, 3.63) is 65.5 Å². The number of fused-ring (bicyclic) bond motifs is 1. The van der Waals surface area contributed by atoms with Gasteiger partial charge in [0.15, 0.2) is 0 Å². The Morgan fingerprint density at radius 2 is 1.63 bits per heavy atom. The molecule has 0 unspecified atom stereocenters. The molecule has 4 nitrogen and oxygen atoms in total. The van der Waals surface area contributed by atoms with E-state index in [0.29, 0.717) is 6.54 Å². The lowest BCUT2D eigenvalue weighted by Crippen LogP contribution is -2.43. The molecule has 1 aromatic heterocycles. The molecule has 0 spiro atoms. The van der Waals surface area contributed by atoms with Crippen molar-refractivity contribution in [2.75, 3.05) is 0 Å². The number of imidazole rings is 1.